The quantitative estimate of drug-likeness (QED) is 0.227. The molecule has 0 bridgehead atoms. The van der Waals surface area contributed by atoms with Gasteiger partial charge in [-0.25, -0.2) is 0 Å². The fraction of sp³-hybridized carbons (Fsp3) is 0.524. The van der Waals surface area contributed by atoms with Gasteiger partial charge in [0.25, 0.3) is 0 Å². The number of aliphatic hydroxyl groups is 2. The minimum Gasteiger partial charge on any atom is -0.393 e. The molecule has 0 radical (unpaired) electrons. The third-order valence-electron chi connectivity index (χ3n) is 4.44. The molecule has 10 heteroatoms. The molecule has 6 N–H and O–H groups in total. The summed E-state index contributed by atoms with van der Waals surface area (Å²) < 4.78 is 0. The first-order valence-corrected chi connectivity index (χ1v) is 10.2. The topological polar surface area (TPSA) is 157 Å². The molecule has 0 aromatic carbocycles. The van der Waals surface area contributed by atoms with Crippen LogP contribution in [0.4, 0.5) is 0 Å². The Balaban J connectivity index is 2.94. The van der Waals surface area contributed by atoms with E-state index in [0.29, 0.717) is 0 Å². The Morgan fingerprint density at radius 2 is 2.00 bits per heavy atom. The summed E-state index contributed by atoms with van der Waals surface area (Å²) in [4.78, 5) is 49.0. The van der Waals surface area contributed by atoms with Gasteiger partial charge in [-0.2, -0.15) is 0 Å². The first-order valence-electron chi connectivity index (χ1n) is 10.2. The molecule has 0 aliphatic carbocycles. The van der Waals surface area contributed by atoms with E-state index in [1.807, 2.05) is 0 Å². The molecule has 10 nitrogen and oxygen atoms in total. The van der Waals surface area contributed by atoms with E-state index >= 15 is 0 Å². The van der Waals surface area contributed by atoms with Gasteiger partial charge < -0.3 is 31.5 Å². The Morgan fingerprint density at radius 1 is 1.29 bits per heavy atom. The van der Waals surface area contributed by atoms with Crippen molar-refractivity contribution in [3.63, 3.8) is 0 Å². The predicted molar refractivity (Wildman–Crippen MR) is 114 cm³/mol. The summed E-state index contributed by atoms with van der Waals surface area (Å²) in [5.41, 5.74) is 0. The fourth-order valence-electron chi connectivity index (χ4n) is 2.77. The van der Waals surface area contributed by atoms with Crippen molar-refractivity contribution in [2.75, 3.05) is 6.54 Å². The number of amides is 4. The van der Waals surface area contributed by atoms with Gasteiger partial charge in [0.05, 0.1) is 12.2 Å². The van der Waals surface area contributed by atoms with E-state index in [-0.39, 0.29) is 25.3 Å². The van der Waals surface area contributed by atoms with Gasteiger partial charge in [0.15, 0.2) is 0 Å². The Hall–Kier alpha value is -2.98. The van der Waals surface area contributed by atoms with E-state index in [1.54, 1.807) is 26.0 Å². The molecule has 172 valence electrons. The van der Waals surface area contributed by atoms with Crippen molar-refractivity contribution in [3.8, 4) is 0 Å². The summed E-state index contributed by atoms with van der Waals surface area (Å²) in [5.74, 6) is -2.25. The molecule has 1 heterocycles. The van der Waals surface area contributed by atoms with Crippen LogP contribution < -0.4 is 21.3 Å². The minimum atomic E-state index is -1.30. The monoisotopic (exact) mass is 436 g/mol. The normalized spacial score (nSPS) is 26.2. The number of hydrogen-bond acceptors (Lipinski definition) is 6. The van der Waals surface area contributed by atoms with Crippen molar-refractivity contribution in [2.24, 2.45) is 0 Å². The summed E-state index contributed by atoms with van der Waals surface area (Å²) in [6.07, 6.45) is 6.70. The zero-order valence-corrected chi connectivity index (χ0v) is 18.0. The highest BCUT2D eigenvalue weighted by molar-refractivity contribution is 5.95. The Bertz CT molecular complexity index is 731. The zero-order chi connectivity index (χ0) is 23.4. The first-order chi connectivity index (χ1) is 14.6. The van der Waals surface area contributed by atoms with Gasteiger partial charge >= 0.3 is 0 Å². The fourth-order valence-corrected chi connectivity index (χ4v) is 2.77. The van der Waals surface area contributed by atoms with Crippen LogP contribution in [0.3, 0.4) is 0 Å². The Kier molecular flexibility index (Phi) is 11.2. The number of aliphatic hydroxyl groups excluding tert-OH is 2. The van der Waals surface area contributed by atoms with Crippen molar-refractivity contribution in [3.05, 3.63) is 36.5 Å². The molecule has 0 aromatic rings. The molecule has 31 heavy (non-hydrogen) atoms. The van der Waals surface area contributed by atoms with Gasteiger partial charge in [-0.05, 0) is 27.2 Å². The average molecular weight is 437 g/mol. The zero-order valence-electron chi connectivity index (χ0n) is 18.0. The molecular formula is C21H32N4O6. The largest absolute Gasteiger partial charge is 0.393 e. The standard InChI is InChI=1S/C21H32N4O6/c1-4-5-6-7-18(29)25-19(14(3)26)21(31)24-16-12-15(27)10-11-22-17(28)9-8-13(2)23-20(16)30/h4-9,13-16,19,26-27H,10-12H2,1-3H3,(H,22,28)(H,23,30)(H,24,31)(H,25,29)/b5-4+,7-6+,9-8+/t13-,14+,15-,16-,19-/m0/s1. The van der Waals surface area contributed by atoms with Crippen LogP contribution in [-0.2, 0) is 19.2 Å². The summed E-state index contributed by atoms with van der Waals surface area (Å²) in [7, 11) is 0. The van der Waals surface area contributed by atoms with E-state index in [1.165, 1.54) is 31.2 Å². The average Bonchev–Trinajstić information content (AvgIpc) is 2.69. The summed E-state index contributed by atoms with van der Waals surface area (Å²) in [6, 6.07) is -2.91. The second-order valence-electron chi connectivity index (χ2n) is 7.30. The summed E-state index contributed by atoms with van der Waals surface area (Å²) in [5, 5.41) is 30.3. The van der Waals surface area contributed by atoms with E-state index in [9.17, 15) is 29.4 Å². The van der Waals surface area contributed by atoms with Crippen LogP contribution in [0.15, 0.2) is 36.5 Å². The molecule has 5 atom stereocenters. The van der Waals surface area contributed by atoms with E-state index in [2.05, 4.69) is 21.3 Å². The third-order valence-corrected chi connectivity index (χ3v) is 4.44. The number of rotatable bonds is 6. The second kappa shape index (κ2) is 13.3. The molecule has 1 aliphatic rings. The van der Waals surface area contributed by atoms with Crippen LogP contribution in [0.25, 0.3) is 0 Å². The summed E-state index contributed by atoms with van der Waals surface area (Å²) in [6.45, 7) is 4.97. The lowest BCUT2D eigenvalue weighted by Gasteiger charge is -2.26. The molecular weight excluding hydrogens is 404 g/mol. The van der Waals surface area contributed by atoms with Crippen molar-refractivity contribution in [1.82, 2.24) is 21.3 Å². The number of carbonyl (C=O) groups excluding carboxylic acids is 4. The number of nitrogens with one attached hydrogen (secondary N) is 4. The number of hydrogen-bond donors (Lipinski definition) is 6. The Morgan fingerprint density at radius 3 is 2.65 bits per heavy atom. The van der Waals surface area contributed by atoms with Crippen LogP contribution in [0.5, 0.6) is 0 Å². The lowest BCUT2D eigenvalue weighted by Crippen LogP contribution is -2.58. The second-order valence-corrected chi connectivity index (χ2v) is 7.30. The molecule has 1 aliphatic heterocycles. The molecule has 0 aromatic heterocycles. The van der Waals surface area contributed by atoms with Crippen molar-refractivity contribution in [2.45, 2.75) is 63.9 Å². The SMILES string of the molecule is C/C=C/C=C/C(=O)N[C@H](C(=O)N[C@H]1C[C@@H](O)CCNC(=O)/C=C/[C@H](C)NC1=O)[C@@H](C)O. The van der Waals surface area contributed by atoms with Gasteiger partial charge in [-0.15, -0.1) is 0 Å². The highest BCUT2D eigenvalue weighted by Crippen LogP contribution is 2.06. The predicted octanol–water partition coefficient (Wildman–Crippen LogP) is -1.20. The van der Waals surface area contributed by atoms with Crippen LogP contribution in [0.1, 0.15) is 33.6 Å². The van der Waals surface area contributed by atoms with Gasteiger partial charge in [0.1, 0.15) is 12.1 Å². The molecule has 0 spiro atoms. The van der Waals surface area contributed by atoms with Gasteiger partial charge in [0, 0.05) is 31.2 Å². The van der Waals surface area contributed by atoms with Crippen LogP contribution in [0, 0.1) is 0 Å². The minimum absolute atomic E-state index is 0.106. The maximum Gasteiger partial charge on any atom is 0.245 e. The Labute approximate surface area is 181 Å². The van der Waals surface area contributed by atoms with Gasteiger partial charge in [0.2, 0.25) is 23.6 Å². The van der Waals surface area contributed by atoms with E-state index in [4.69, 9.17) is 0 Å². The molecule has 0 saturated heterocycles. The van der Waals surface area contributed by atoms with Crippen molar-refractivity contribution < 1.29 is 29.4 Å². The first kappa shape index (κ1) is 26.1. The van der Waals surface area contributed by atoms with E-state index in [0.717, 1.165) is 0 Å². The highest BCUT2D eigenvalue weighted by Gasteiger charge is 2.31. The maximum absolute atomic E-state index is 12.7. The molecule has 0 unspecified atom stereocenters. The lowest BCUT2D eigenvalue weighted by atomic mass is 10.0. The smallest absolute Gasteiger partial charge is 0.245 e. The van der Waals surface area contributed by atoms with Crippen molar-refractivity contribution >= 4 is 23.6 Å². The summed E-state index contributed by atoms with van der Waals surface area (Å²) >= 11 is 0. The lowest BCUT2D eigenvalue weighted by molar-refractivity contribution is -0.134. The number of allylic oxidation sites excluding steroid dienone is 3. The molecule has 4 amide bonds. The third kappa shape index (κ3) is 10.1. The number of carbonyl (C=O) groups is 4. The van der Waals surface area contributed by atoms with Crippen LogP contribution >= 0.6 is 0 Å². The van der Waals surface area contributed by atoms with Gasteiger partial charge in [-0.1, -0.05) is 24.3 Å². The van der Waals surface area contributed by atoms with Crippen LogP contribution in [-0.4, -0.2) is 70.7 Å². The van der Waals surface area contributed by atoms with Crippen molar-refractivity contribution in [1.29, 1.82) is 0 Å². The van der Waals surface area contributed by atoms with E-state index < -0.39 is 48.1 Å². The highest BCUT2D eigenvalue weighted by atomic mass is 16.3. The van der Waals surface area contributed by atoms with Gasteiger partial charge in [-0.3, -0.25) is 19.2 Å². The van der Waals surface area contributed by atoms with Crippen LogP contribution in [0.2, 0.25) is 0 Å². The maximum atomic E-state index is 12.7. The molecule has 0 fully saturated rings. The molecule has 0 saturated carbocycles. The molecule has 1 rings (SSSR count).